The zero-order valence-corrected chi connectivity index (χ0v) is 11.6. The zero-order valence-electron chi connectivity index (χ0n) is 11.6. The molecule has 0 radical (unpaired) electrons. The molecule has 2 unspecified atom stereocenters. The highest BCUT2D eigenvalue weighted by Crippen LogP contribution is 2.20. The number of hydrogen-bond donors (Lipinski definition) is 2. The quantitative estimate of drug-likeness (QED) is 0.728. The van der Waals surface area contributed by atoms with E-state index >= 15 is 0 Å². The van der Waals surface area contributed by atoms with E-state index in [1.807, 2.05) is 0 Å². The van der Waals surface area contributed by atoms with Crippen LogP contribution in [0, 0.1) is 11.3 Å². The van der Waals surface area contributed by atoms with Gasteiger partial charge in [0.05, 0.1) is 0 Å². The Balaban J connectivity index is 2.17. The lowest BCUT2D eigenvalue weighted by Crippen LogP contribution is -2.46. The predicted molar refractivity (Wildman–Crippen MR) is 71.7 cm³/mol. The molecule has 0 saturated carbocycles. The van der Waals surface area contributed by atoms with Gasteiger partial charge in [0.25, 0.3) is 0 Å². The van der Waals surface area contributed by atoms with Crippen LogP contribution in [0.1, 0.15) is 53.4 Å². The standard InChI is InChI=1S/C14H30N2/c1-5-12-7-8-16-13(9-12)10-15-11-14(3,4)6-2/h12-13,15-16H,5-11H2,1-4H3. The molecule has 2 atom stereocenters. The molecule has 0 spiro atoms. The van der Waals surface area contributed by atoms with Gasteiger partial charge in [0.1, 0.15) is 0 Å². The number of nitrogens with one attached hydrogen (secondary N) is 2. The maximum Gasteiger partial charge on any atom is 0.0195 e. The molecule has 1 saturated heterocycles. The van der Waals surface area contributed by atoms with Crippen molar-refractivity contribution >= 4 is 0 Å². The molecule has 1 fully saturated rings. The van der Waals surface area contributed by atoms with Crippen LogP contribution in [0.4, 0.5) is 0 Å². The molecule has 0 aromatic carbocycles. The molecule has 2 nitrogen and oxygen atoms in total. The molecule has 16 heavy (non-hydrogen) atoms. The van der Waals surface area contributed by atoms with Crippen LogP contribution in [0.15, 0.2) is 0 Å². The molecule has 1 aliphatic heterocycles. The van der Waals surface area contributed by atoms with E-state index in [-0.39, 0.29) is 0 Å². The summed E-state index contributed by atoms with van der Waals surface area (Å²) in [5.74, 6) is 0.951. The summed E-state index contributed by atoms with van der Waals surface area (Å²) in [6, 6.07) is 0.700. The largest absolute Gasteiger partial charge is 0.315 e. The first-order valence-electron chi connectivity index (χ1n) is 7.01. The summed E-state index contributed by atoms with van der Waals surface area (Å²) in [4.78, 5) is 0. The van der Waals surface area contributed by atoms with Crippen molar-refractivity contribution in [3.8, 4) is 0 Å². The molecule has 0 aromatic heterocycles. The summed E-state index contributed by atoms with van der Waals surface area (Å²) in [5, 5.41) is 7.25. The van der Waals surface area contributed by atoms with Crippen LogP contribution in [0.5, 0.6) is 0 Å². The van der Waals surface area contributed by atoms with Crippen LogP contribution in [0.3, 0.4) is 0 Å². The van der Waals surface area contributed by atoms with E-state index in [1.165, 1.54) is 32.2 Å². The summed E-state index contributed by atoms with van der Waals surface area (Å²) < 4.78 is 0. The monoisotopic (exact) mass is 226 g/mol. The fraction of sp³-hybridized carbons (Fsp3) is 1.00. The molecule has 1 aliphatic rings. The van der Waals surface area contributed by atoms with E-state index in [0.29, 0.717) is 11.5 Å². The van der Waals surface area contributed by atoms with Gasteiger partial charge in [-0.25, -0.2) is 0 Å². The maximum atomic E-state index is 3.63. The molecule has 1 rings (SSSR count). The van der Waals surface area contributed by atoms with Gasteiger partial charge < -0.3 is 10.6 Å². The van der Waals surface area contributed by atoms with Gasteiger partial charge in [0.15, 0.2) is 0 Å². The average molecular weight is 226 g/mol. The number of hydrogen-bond acceptors (Lipinski definition) is 2. The van der Waals surface area contributed by atoms with Gasteiger partial charge in [-0.05, 0) is 37.1 Å². The Morgan fingerprint density at radius 1 is 1.31 bits per heavy atom. The Morgan fingerprint density at radius 2 is 2.06 bits per heavy atom. The molecule has 96 valence electrons. The summed E-state index contributed by atoms with van der Waals surface area (Å²) in [6.45, 7) is 12.8. The molecule has 0 bridgehead atoms. The third-order valence-electron chi connectivity index (χ3n) is 4.13. The van der Waals surface area contributed by atoms with Gasteiger partial charge >= 0.3 is 0 Å². The molecular formula is C14H30N2. The van der Waals surface area contributed by atoms with E-state index in [9.17, 15) is 0 Å². The minimum atomic E-state index is 0.443. The van der Waals surface area contributed by atoms with Crippen molar-refractivity contribution in [2.24, 2.45) is 11.3 Å². The third kappa shape index (κ3) is 4.84. The predicted octanol–water partition coefficient (Wildman–Crippen LogP) is 2.79. The minimum Gasteiger partial charge on any atom is -0.315 e. The van der Waals surface area contributed by atoms with E-state index in [0.717, 1.165) is 19.0 Å². The zero-order chi connectivity index (χ0) is 12.0. The van der Waals surface area contributed by atoms with Crippen molar-refractivity contribution in [3.05, 3.63) is 0 Å². The van der Waals surface area contributed by atoms with Crippen molar-refractivity contribution in [1.29, 1.82) is 0 Å². The van der Waals surface area contributed by atoms with E-state index < -0.39 is 0 Å². The number of piperidine rings is 1. The Bertz CT molecular complexity index is 189. The van der Waals surface area contributed by atoms with Crippen LogP contribution >= 0.6 is 0 Å². The van der Waals surface area contributed by atoms with Gasteiger partial charge in [0.2, 0.25) is 0 Å². The van der Waals surface area contributed by atoms with Crippen molar-refractivity contribution in [1.82, 2.24) is 10.6 Å². The highest BCUT2D eigenvalue weighted by atomic mass is 15.0. The summed E-state index contributed by atoms with van der Waals surface area (Å²) in [5.41, 5.74) is 0.443. The first kappa shape index (κ1) is 14.0. The average Bonchev–Trinajstić information content (AvgIpc) is 2.29. The molecule has 1 heterocycles. The topological polar surface area (TPSA) is 24.1 Å². The van der Waals surface area contributed by atoms with E-state index in [4.69, 9.17) is 0 Å². The Morgan fingerprint density at radius 3 is 2.69 bits per heavy atom. The lowest BCUT2D eigenvalue weighted by atomic mass is 9.89. The van der Waals surface area contributed by atoms with Crippen molar-refractivity contribution < 1.29 is 0 Å². The Kier molecular flexibility index (Phi) is 5.77. The molecule has 0 aliphatic carbocycles. The lowest BCUT2D eigenvalue weighted by molar-refractivity contribution is 0.269. The smallest absolute Gasteiger partial charge is 0.0195 e. The second kappa shape index (κ2) is 6.61. The number of rotatable bonds is 6. The van der Waals surface area contributed by atoms with Gasteiger partial charge in [-0.15, -0.1) is 0 Å². The molecule has 0 aromatic rings. The van der Waals surface area contributed by atoms with Crippen LogP contribution < -0.4 is 10.6 Å². The fourth-order valence-electron chi connectivity index (χ4n) is 2.33. The first-order valence-corrected chi connectivity index (χ1v) is 7.01. The van der Waals surface area contributed by atoms with Crippen molar-refractivity contribution in [3.63, 3.8) is 0 Å². The molecule has 2 N–H and O–H groups in total. The van der Waals surface area contributed by atoms with Crippen molar-refractivity contribution in [2.75, 3.05) is 19.6 Å². The highest BCUT2D eigenvalue weighted by molar-refractivity contribution is 4.80. The Labute approximate surface area is 102 Å². The fourth-order valence-corrected chi connectivity index (χ4v) is 2.33. The second-order valence-corrected chi connectivity index (χ2v) is 6.10. The van der Waals surface area contributed by atoms with Gasteiger partial charge in [0, 0.05) is 19.1 Å². The van der Waals surface area contributed by atoms with Crippen LogP contribution in [0.2, 0.25) is 0 Å². The summed E-state index contributed by atoms with van der Waals surface area (Å²) in [7, 11) is 0. The minimum absolute atomic E-state index is 0.443. The molecule has 2 heteroatoms. The summed E-state index contributed by atoms with van der Waals surface area (Å²) >= 11 is 0. The van der Waals surface area contributed by atoms with Crippen LogP contribution in [0.25, 0.3) is 0 Å². The van der Waals surface area contributed by atoms with Crippen LogP contribution in [-0.2, 0) is 0 Å². The SMILES string of the molecule is CCC1CCNC(CNCC(C)(C)CC)C1. The normalized spacial score (nSPS) is 27.0. The third-order valence-corrected chi connectivity index (χ3v) is 4.13. The second-order valence-electron chi connectivity index (χ2n) is 6.10. The van der Waals surface area contributed by atoms with Gasteiger partial charge in [-0.3, -0.25) is 0 Å². The van der Waals surface area contributed by atoms with E-state index in [2.05, 4.69) is 38.3 Å². The first-order chi connectivity index (χ1) is 7.57. The van der Waals surface area contributed by atoms with Gasteiger partial charge in [-0.1, -0.05) is 34.1 Å². The molecule has 0 amide bonds. The lowest BCUT2D eigenvalue weighted by Gasteiger charge is -2.31. The summed E-state index contributed by atoms with van der Waals surface area (Å²) in [6.07, 6.45) is 5.32. The van der Waals surface area contributed by atoms with E-state index in [1.54, 1.807) is 0 Å². The highest BCUT2D eigenvalue weighted by Gasteiger charge is 2.21. The Hall–Kier alpha value is -0.0800. The maximum absolute atomic E-state index is 3.63. The molecular weight excluding hydrogens is 196 g/mol. The van der Waals surface area contributed by atoms with Crippen LogP contribution in [-0.4, -0.2) is 25.7 Å². The van der Waals surface area contributed by atoms with Gasteiger partial charge in [-0.2, -0.15) is 0 Å². The van der Waals surface area contributed by atoms with Crippen molar-refractivity contribution in [2.45, 2.75) is 59.4 Å².